The number of aryl methyl sites for hydroxylation is 1. The van der Waals surface area contributed by atoms with Crippen LogP contribution in [0.2, 0.25) is 0 Å². The van der Waals surface area contributed by atoms with Crippen LogP contribution >= 0.6 is 11.3 Å². The summed E-state index contributed by atoms with van der Waals surface area (Å²) in [4.78, 5) is 4.66. The van der Waals surface area contributed by atoms with E-state index < -0.39 is 0 Å². The molecule has 2 aromatic heterocycles. The first kappa shape index (κ1) is 12.3. The van der Waals surface area contributed by atoms with Crippen molar-refractivity contribution in [3.05, 3.63) is 23.3 Å². The van der Waals surface area contributed by atoms with Crippen LogP contribution in [0.25, 0.3) is 10.7 Å². The van der Waals surface area contributed by atoms with E-state index in [0.29, 0.717) is 6.04 Å². The zero-order valence-corrected chi connectivity index (χ0v) is 11.3. The molecule has 0 aliphatic heterocycles. The first-order chi connectivity index (χ1) is 8.26. The monoisotopic (exact) mass is 250 g/mol. The maximum absolute atomic E-state index is 4.66. The topological polar surface area (TPSA) is 42.7 Å². The Balaban J connectivity index is 2.27. The molecule has 0 fully saturated rings. The van der Waals surface area contributed by atoms with Gasteiger partial charge in [-0.1, -0.05) is 6.92 Å². The number of hydrogen-bond donors (Lipinski definition) is 1. The summed E-state index contributed by atoms with van der Waals surface area (Å²) in [6.45, 7) is 5.21. The molecule has 0 aromatic carbocycles. The van der Waals surface area contributed by atoms with Crippen molar-refractivity contribution >= 4 is 11.3 Å². The molecule has 2 heterocycles. The highest BCUT2D eigenvalue weighted by Gasteiger charge is 2.12. The van der Waals surface area contributed by atoms with E-state index in [1.807, 2.05) is 24.0 Å². The first-order valence-corrected chi connectivity index (χ1v) is 6.79. The highest BCUT2D eigenvalue weighted by atomic mass is 32.1. The van der Waals surface area contributed by atoms with Gasteiger partial charge in [0.15, 0.2) is 0 Å². The molecule has 1 unspecified atom stereocenters. The molecule has 0 spiro atoms. The van der Waals surface area contributed by atoms with E-state index in [9.17, 15) is 0 Å². The van der Waals surface area contributed by atoms with Gasteiger partial charge < -0.3 is 5.32 Å². The van der Waals surface area contributed by atoms with Crippen molar-refractivity contribution < 1.29 is 0 Å². The molecule has 0 saturated heterocycles. The third kappa shape index (κ3) is 2.56. The van der Waals surface area contributed by atoms with E-state index in [1.165, 1.54) is 0 Å². The number of hydrogen-bond acceptors (Lipinski definition) is 4. The quantitative estimate of drug-likeness (QED) is 0.887. The third-order valence-corrected chi connectivity index (χ3v) is 3.65. The smallest absolute Gasteiger partial charge is 0.141 e. The van der Waals surface area contributed by atoms with Crippen LogP contribution < -0.4 is 5.32 Å². The Hall–Kier alpha value is -1.20. The predicted molar refractivity (Wildman–Crippen MR) is 71.1 cm³/mol. The lowest BCUT2D eigenvalue weighted by molar-refractivity contribution is 0.607. The minimum atomic E-state index is 0.294. The van der Waals surface area contributed by atoms with Crippen LogP contribution in [-0.4, -0.2) is 21.8 Å². The molecule has 0 amide bonds. The lowest BCUT2D eigenvalue weighted by Gasteiger charge is -2.05. The van der Waals surface area contributed by atoms with E-state index in [0.717, 1.165) is 29.4 Å². The first-order valence-electron chi connectivity index (χ1n) is 5.91. The Bertz CT molecular complexity index is 474. The van der Waals surface area contributed by atoms with Crippen LogP contribution in [-0.2, 0) is 6.54 Å². The second kappa shape index (κ2) is 5.42. The molecule has 0 radical (unpaired) electrons. The van der Waals surface area contributed by atoms with E-state index in [2.05, 4.69) is 34.6 Å². The molecule has 0 aliphatic rings. The minimum Gasteiger partial charge on any atom is -0.312 e. The maximum atomic E-state index is 4.66. The molecule has 2 rings (SSSR count). The lowest BCUT2D eigenvalue weighted by Crippen LogP contribution is -2.12. The van der Waals surface area contributed by atoms with Gasteiger partial charge in [0.1, 0.15) is 5.01 Å². The largest absolute Gasteiger partial charge is 0.312 e. The molecule has 0 saturated carbocycles. The Morgan fingerprint density at radius 2 is 2.35 bits per heavy atom. The summed E-state index contributed by atoms with van der Waals surface area (Å²) in [6, 6.07) is 2.32. The van der Waals surface area contributed by atoms with Gasteiger partial charge in [0, 0.05) is 24.2 Å². The van der Waals surface area contributed by atoms with Gasteiger partial charge in [-0.3, -0.25) is 4.68 Å². The highest BCUT2D eigenvalue weighted by Crippen LogP contribution is 2.25. The molecule has 1 atom stereocenters. The second-order valence-corrected chi connectivity index (χ2v) is 4.89. The molecule has 1 N–H and O–H groups in total. The van der Waals surface area contributed by atoms with E-state index in [-0.39, 0.29) is 0 Å². The van der Waals surface area contributed by atoms with Crippen LogP contribution in [0.15, 0.2) is 17.6 Å². The van der Waals surface area contributed by atoms with Gasteiger partial charge in [0.25, 0.3) is 0 Å². The van der Waals surface area contributed by atoms with Crippen LogP contribution in [0, 0.1) is 0 Å². The van der Waals surface area contributed by atoms with Crippen molar-refractivity contribution in [1.29, 1.82) is 0 Å². The Labute approximate surface area is 106 Å². The summed E-state index contributed by atoms with van der Waals surface area (Å²) in [7, 11) is 1.95. The lowest BCUT2D eigenvalue weighted by atomic mass is 10.3. The van der Waals surface area contributed by atoms with Crippen molar-refractivity contribution in [2.75, 3.05) is 7.05 Å². The van der Waals surface area contributed by atoms with Crippen molar-refractivity contribution in [1.82, 2.24) is 20.1 Å². The van der Waals surface area contributed by atoms with Crippen molar-refractivity contribution in [2.45, 2.75) is 32.9 Å². The van der Waals surface area contributed by atoms with Crippen molar-refractivity contribution in [3.8, 4) is 10.7 Å². The molecular weight excluding hydrogens is 232 g/mol. The predicted octanol–water partition coefficient (Wildman–Crippen LogP) is 2.70. The number of nitrogens with one attached hydrogen (secondary N) is 1. The molecule has 17 heavy (non-hydrogen) atoms. The summed E-state index contributed by atoms with van der Waals surface area (Å²) in [5.41, 5.74) is 2.21. The number of aromatic nitrogens is 3. The van der Waals surface area contributed by atoms with Crippen molar-refractivity contribution in [3.63, 3.8) is 0 Å². The summed E-state index contributed by atoms with van der Waals surface area (Å²) in [6.07, 6.45) is 2.92. The van der Waals surface area contributed by atoms with Gasteiger partial charge in [0.05, 0.1) is 11.4 Å². The van der Waals surface area contributed by atoms with E-state index >= 15 is 0 Å². The van der Waals surface area contributed by atoms with Gasteiger partial charge in [-0.05, 0) is 26.5 Å². The highest BCUT2D eigenvalue weighted by molar-refractivity contribution is 7.13. The fraction of sp³-hybridized carbons (Fsp3) is 0.500. The van der Waals surface area contributed by atoms with Gasteiger partial charge in [0.2, 0.25) is 0 Å². The minimum absolute atomic E-state index is 0.294. The molecule has 5 heteroatoms. The molecule has 92 valence electrons. The van der Waals surface area contributed by atoms with E-state index in [4.69, 9.17) is 0 Å². The summed E-state index contributed by atoms with van der Waals surface area (Å²) < 4.78 is 2.02. The summed E-state index contributed by atoms with van der Waals surface area (Å²) >= 11 is 1.68. The Morgan fingerprint density at radius 3 is 3.06 bits per heavy atom. The molecular formula is C12H18N4S. The Kier molecular flexibility index (Phi) is 3.91. The average molecular weight is 250 g/mol. The fourth-order valence-corrected chi connectivity index (χ4v) is 2.60. The number of thiazole rings is 1. The average Bonchev–Trinajstić information content (AvgIpc) is 2.96. The van der Waals surface area contributed by atoms with Crippen LogP contribution in [0.5, 0.6) is 0 Å². The van der Waals surface area contributed by atoms with Crippen LogP contribution in [0.3, 0.4) is 0 Å². The van der Waals surface area contributed by atoms with Gasteiger partial charge >= 0.3 is 0 Å². The van der Waals surface area contributed by atoms with Crippen LogP contribution in [0.4, 0.5) is 0 Å². The SMILES string of the molecule is CCCn1nccc1-c1nc(C(C)NC)cs1. The maximum Gasteiger partial charge on any atom is 0.141 e. The molecule has 0 aliphatic carbocycles. The fourth-order valence-electron chi connectivity index (χ4n) is 1.65. The standard InChI is InChI=1S/C12H18N4S/c1-4-7-16-11(5-6-14-16)12-15-10(8-17-12)9(2)13-3/h5-6,8-9,13H,4,7H2,1-3H3. The summed E-state index contributed by atoms with van der Waals surface area (Å²) in [5.74, 6) is 0. The van der Waals surface area contributed by atoms with Crippen molar-refractivity contribution in [2.24, 2.45) is 0 Å². The van der Waals surface area contributed by atoms with Crippen LogP contribution in [0.1, 0.15) is 32.0 Å². The molecule has 2 aromatic rings. The molecule has 4 nitrogen and oxygen atoms in total. The van der Waals surface area contributed by atoms with Gasteiger partial charge in [-0.2, -0.15) is 5.10 Å². The Morgan fingerprint density at radius 1 is 1.53 bits per heavy atom. The van der Waals surface area contributed by atoms with E-state index in [1.54, 1.807) is 11.3 Å². The second-order valence-electron chi connectivity index (χ2n) is 4.03. The normalized spacial score (nSPS) is 12.9. The zero-order chi connectivity index (χ0) is 12.3. The van der Waals surface area contributed by atoms with Gasteiger partial charge in [-0.15, -0.1) is 11.3 Å². The third-order valence-electron chi connectivity index (χ3n) is 2.77. The number of rotatable bonds is 5. The zero-order valence-electron chi connectivity index (χ0n) is 10.5. The molecule has 0 bridgehead atoms. The number of nitrogens with zero attached hydrogens (tertiary/aromatic N) is 3. The van der Waals surface area contributed by atoms with Gasteiger partial charge in [-0.25, -0.2) is 4.98 Å². The summed E-state index contributed by atoms with van der Waals surface area (Å²) in [5, 5.41) is 10.7.